The average molecular weight is 382 g/mol. The number of hydrogen-bond acceptors (Lipinski definition) is 5. The number of rotatable bonds is 7. The molecule has 0 radical (unpaired) electrons. The summed E-state index contributed by atoms with van der Waals surface area (Å²) < 4.78 is 15.5. The van der Waals surface area contributed by atoms with Gasteiger partial charge in [-0.2, -0.15) is 4.98 Å². The van der Waals surface area contributed by atoms with Gasteiger partial charge < -0.3 is 4.90 Å². The Hall–Kier alpha value is -2.38. The van der Waals surface area contributed by atoms with Crippen molar-refractivity contribution in [3.05, 3.63) is 59.9 Å². The lowest BCUT2D eigenvalue weighted by Crippen LogP contribution is -2.41. The van der Waals surface area contributed by atoms with Crippen LogP contribution in [0.3, 0.4) is 0 Å². The summed E-state index contributed by atoms with van der Waals surface area (Å²) in [5.74, 6) is 1.97. The molecule has 0 saturated carbocycles. The van der Waals surface area contributed by atoms with Crippen LogP contribution in [-0.4, -0.2) is 62.6 Å². The molecule has 0 bridgehead atoms. The van der Waals surface area contributed by atoms with E-state index < -0.39 is 0 Å². The summed E-state index contributed by atoms with van der Waals surface area (Å²) in [6.45, 7) is 4.82. The number of likely N-dealkylation sites (tertiary alicyclic amines) is 1. The van der Waals surface area contributed by atoms with Gasteiger partial charge in [0.25, 0.3) is 5.78 Å². The molecule has 28 heavy (non-hydrogen) atoms. The minimum Gasteiger partial charge on any atom is -0.303 e. The number of halogens is 1. The van der Waals surface area contributed by atoms with E-state index in [0.717, 1.165) is 50.5 Å². The van der Waals surface area contributed by atoms with Gasteiger partial charge in [0.2, 0.25) is 0 Å². The van der Waals surface area contributed by atoms with Crippen LogP contribution in [-0.2, 0) is 13.0 Å². The fraction of sp³-hybridized carbons (Fsp3) is 0.476. The zero-order chi connectivity index (χ0) is 19.3. The Morgan fingerprint density at radius 2 is 2.14 bits per heavy atom. The van der Waals surface area contributed by atoms with E-state index in [9.17, 15) is 4.39 Å². The van der Waals surface area contributed by atoms with Gasteiger partial charge in [-0.1, -0.05) is 18.2 Å². The van der Waals surface area contributed by atoms with Crippen LogP contribution in [0, 0.1) is 11.7 Å². The third kappa shape index (κ3) is 4.72. The molecule has 6 nitrogen and oxygen atoms in total. The van der Waals surface area contributed by atoms with Crippen LogP contribution in [0.4, 0.5) is 4.39 Å². The summed E-state index contributed by atoms with van der Waals surface area (Å²) >= 11 is 0. The van der Waals surface area contributed by atoms with Crippen LogP contribution < -0.4 is 0 Å². The molecule has 2 aromatic heterocycles. The Morgan fingerprint density at radius 1 is 1.25 bits per heavy atom. The maximum Gasteiger partial charge on any atom is 0.252 e. The first-order valence-corrected chi connectivity index (χ1v) is 9.98. The van der Waals surface area contributed by atoms with E-state index in [-0.39, 0.29) is 5.82 Å². The average Bonchev–Trinajstić information content (AvgIpc) is 3.09. The van der Waals surface area contributed by atoms with Crippen molar-refractivity contribution in [2.24, 2.45) is 5.92 Å². The van der Waals surface area contributed by atoms with Gasteiger partial charge in [0.15, 0.2) is 5.82 Å². The van der Waals surface area contributed by atoms with Crippen molar-refractivity contribution in [1.29, 1.82) is 0 Å². The topological polar surface area (TPSA) is 49.6 Å². The van der Waals surface area contributed by atoms with Crippen molar-refractivity contribution < 1.29 is 4.39 Å². The zero-order valence-electron chi connectivity index (χ0n) is 16.3. The first-order chi connectivity index (χ1) is 13.7. The van der Waals surface area contributed by atoms with E-state index in [4.69, 9.17) is 0 Å². The van der Waals surface area contributed by atoms with Crippen molar-refractivity contribution >= 4 is 5.78 Å². The molecule has 1 aliphatic heterocycles. The smallest absolute Gasteiger partial charge is 0.252 e. The Morgan fingerprint density at radius 3 is 3.00 bits per heavy atom. The lowest BCUT2D eigenvalue weighted by Gasteiger charge is -2.34. The maximum atomic E-state index is 13.8. The standard InChI is InChI=1S/C21H27FN6/c1-26(16-20-24-21-23-10-5-12-28(21)25-20)14-17-6-4-11-27(15-17)13-9-18-7-2-3-8-19(18)22/h2-3,5,7-8,10,12,17H,4,6,9,11,13-16H2,1H3/t17-/m1/s1. The first kappa shape index (κ1) is 19.0. The van der Waals surface area contributed by atoms with Gasteiger partial charge in [-0.15, -0.1) is 5.10 Å². The molecule has 1 aromatic carbocycles. The van der Waals surface area contributed by atoms with Gasteiger partial charge in [-0.05, 0) is 56.5 Å². The van der Waals surface area contributed by atoms with E-state index in [1.807, 2.05) is 24.4 Å². The third-order valence-corrected chi connectivity index (χ3v) is 5.40. The highest BCUT2D eigenvalue weighted by Gasteiger charge is 2.21. The maximum absolute atomic E-state index is 13.8. The fourth-order valence-corrected chi connectivity index (χ4v) is 4.07. The predicted octanol–water partition coefficient (Wildman–Crippen LogP) is 2.65. The van der Waals surface area contributed by atoms with Gasteiger partial charge in [-0.25, -0.2) is 13.9 Å². The van der Waals surface area contributed by atoms with E-state index >= 15 is 0 Å². The Bertz CT molecular complexity index is 878. The summed E-state index contributed by atoms with van der Waals surface area (Å²) in [5.41, 5.74) is 0.813. The van der Waals surface area contributed by atoms with Crippen LogP contribution in [0.1, 0.15) is 24.2 Å². The summed E-state index contributed by atoms with van der Waals surface area (Å²) in [4.78, 5) is 13.5. The Kier molecular flexibility index (Phi) is 5.92. The van der Waals surface area contributed by atoms with Crippen LogP contribution in [0.2, 0.25) is 0 Å². The molecule has 0 unspecified atom stereocenters. The molecule has 0 aliphatic carbocycles. The number of nitrogens with zero attached hydrogens (tertiary/aromatic N) is 6. The number of piperidine rings is 1. The Labute approximate surface area is 165 Å². The normalized spacial score (nSPS) is 18.2. The van der Waals surface area contributed by atoms with Crippen molar-refractivity contribution in [3.63, 3.8) is 0 Å². The number of fused-ring (bicyclic) bond motifs is 1. The summed E-state index contributed by atoms with van der Waals surface area (Å²) in [7, 11) is 2.12. The highest BCUT2D eigenvalue weighted by atomic mass is 19.1. The summed E-state index contributed by atoms with van der Waals surface area (Å²) in [6.07, 6.45) is 6.81. The molecular formula is C21H27FN6. The summed E-state index contributed by atoms with van der Waals surface area (Å²) in [5, 5.41) is 4.49. The number of aromatic nitrogens is 4. The highest BCUT2D eigenvalue weighted by Crippen LogP contribution is 2.19. The van der Waals surface area contributed by atoms with Crippen molar-refractivity contribution in [3.8, 4) is 0 Å². The van der Waals surface area contributed by atoms with Gasteiger partial charge in [0.1, 0.15) is 5.82 Å². The number of hydrogen-bond donors (Lipinski definition) is 0. The van der Waals surface area contributed by atoms with E-state index in [1.165, 1.54) is 12.8 Å². The molecule has 0 spiro atoms. The molecule has 4 rings (SSSR count). The Balaban J connectivity index is 1.27. The van der Waals surface area contributed by atoms with Crippen LogP contribution in [0.15, 0.2) is 42.7 Å². The SMILES string of the molecule is CN(Cc1nc2ncccn2n1)C[C@H]1CCCN(CCc2ccccc2F)C1. The van der Waals surface area contributed by atoms with Gasteiger partial charge in [0, 0.05) is 32.0 Å². The first-order valence-electron chi connectivity index (χ1n) is 9.98. The molecule has 7 heteroatoms. The lowest BCUT2D eigenvalue weighted by atomic mass is 9.97. The summed E-state index contributed by atoms with van der Waals surface area (Å²) in [6, 6.07) is 8.95. The third-order valence-electron chi connectivity index (χ3n) is 5.40. The van der Waals surface area contributed by atoms with Crippen molar-refractivity contribution in [2.45, 2.75) is 25.8 Å². The molecule has 3 heterocycles. The minimum atomic E-state index is -0.0924. The quantitative estimate of drug-likeness (QED) is 0.629. The molecule has 1 aliphatic rings. The fourth-order valence-electron chi connectivity index (χ4n) is 4.07. The molecule has 148 valence electrons. The lowest BCUT2D eigenvalue weighted by molar-refractivity contribution is 0.141. The van der Waals surface area contributed by atoms with Gasteiger partial charge in [-0.3, -0.25) is 4.90 Å². The number of benzene rings is 1. The largest absolute Gasteiger partial charge is 0.303 e. The van der Waals surface area contributed by atoms with Crippen molar-refractivity contribution in [2.75, 3.05) is 33.2 Å². The van der Waals surface area contributed by atoms with Crippen LogP contribution in [0.5, 0.6) is 0 Å². The monoisotopic (exact) mass is 382 g/mol. The van der Waals surface area contributed by atoms with E-state index in [0.29, 0.717) is 11.7 Å². The molecule has 1 saturated heterocycles. The molecular weight excluding hydrogens is 355 g/mol. The van der Waals surface area contributed by atoms with E-state index in [1.54, 1.807) is 22.8 Å². The second-order valence-corrected chi connectivity index (χ2v) is 7.74. The van der Waals surface area contributed by atoms with Gasteiger partial charge >= 0.3 is 0 Å². The van der Waals surface area contributed by atoms with Gasteiger partial charge in [0.05, 0.1) is 6.54 Å². The second kappa shape index (κ2) is 8.75. The molecule has 0 amide bonds. The van der Waals surface area contributed by atoms with Crippen LogP contribution in [0.25, 0.3) is 5.78 Å². The predicted molar refractivity (Wildman–Crippen MR) is 106 cm³/mol. The molecule has 1 atom stereocenters. The second-order valence-electron chi connectivity index (χ2n) is 7.74. The molecule has 1 fully saturated rings. The zero-order valence-corrected chi connectivity index (χ0v) is 16.3. The van der Waals surface area contributed by atoms with Crippen LogP contribution >= 0.6 is 0 Å². The van der Waals surface area contributed by atoms with Crippen molar-refractivity contribution in [1.82, 2.24) is 29.4 Å². The molecule has 0 N–H and O–H groups in total. The molecule has 3 aromatic rings. The highest BCUT2D eigenvalue weighted by molar-refractivity contribution is 5.24. The van der Waals surface area contributed by atoms with E-state index in [2.05, 4.69) is 31.9 Å². The minimum absolute atomic E-state index is 0.0924.